The molecule has 8 heteroatoms. The van der Waals surface area contributed by atoms with Gasteiger partial charge in [-0.3, -0.25) is 19.7 Å². The lowest BCUT2D eigenvalue weighted by Crippen LogP contribution is -2.42. The van der Waals surface area contributed by atoms with Gasteiger partial charge in [0.15, 0.2) is 0 Å². The average Bonchev–Trinajstić information content (AvgIpc) is 3.01. The minimum absolute atomic E-state index is 0.163. The Morgan fingerprint density at radius 2 is 1.56 bits per heavy atom. The largest absolute Gasteiger partial charge is 0.469 e. The monoisotopic (exact) mass is 413 g/mol. The van der Waals surface area contributed by atoms with Crippen LogP contribution in [0.5, 0.6) is 0 Å². The summed E-state index contributed by atoms with van der Waals surface area (Å²) in [6, 6.07) is 5.66. The van der Waals surface area contributed by atoms with Crippen LogP contribution >= 0.6 is 15.9 Å². The molecule has 4 atom stereocenters. The van der Waals surface area contributed by atoms with Crippen LogP contribution < -0.4 is 5.32 Å². The van der Waals surface area contributed by atoms with Crippen LogP contribution in [0.4, 0.5) is 0 Å². The summed E-state index contributed by atoms with van der Waals surface area (Å²) < 4.78 is 15.6. The molecule has 0 amide bonds. The summed E-state index contributed by atoms with van der Waals surface area (Å²) in [5.74, 6) is -3.81. The molecule has 1 aromatic rings. The van der Waals surface area contributed by atoms with E-state index >= 15 is 0 Å². The van der Waals surface area contributed by atoms with Gasteiger partial charge in [0.25, 0.3) is 0 Å². The third-order valence-electron chi connectivity index (χ3n) is 4.18. The molecule has 0 saturated carbocycles. The van der Waals surface area contributed by atoms with Gasteiger partial charge >= 0.3 is 17.9 Å². The fourth-order valence-corrected chi connectivity index (χ4v) is 3.34. The highest BCUT2D eigenvalue weighted by molar-refractivity contribution is 9.10. The van der Waals surface area contributed by atoms with E-state index in [1.54, 1.807) is 19.1 Å². The van der Waals surface area contributed by atoms with Crippen molar-refractivity contribution in [2.45, 2.75) is 19.0 Å². The number of esters is 3. The number of hydrogen-bond donors (Lipinski definition) is 1. The molecule has 1 heterocycles. The molecule has 1 aromatic carbocycles. The number of benzene rings is 1. The average molecular weight is 414 g/mol. The first-order valence-corrected chi connectivity index (χ1v) is 8.57. The van der Waals surface area contributed by atoms with E-state index in [0.29, 0.717) is 0 Å². The zero-order chi connectivity index (χ0) is 18.6. The van der Waals surface area contributed by atoms with Gasteiger partial charge in [-0.1, -0.05) is 28.1 Å². The van der Waals surface area contributed by atoms with Gasteiger partial charge in [-0.05, 0) is 24.6 Å². The van der Waals surface area contributed by atoms with Crippen LogP contribution in [0.2, 0.25) is 0 Å². The Kier molecular flexibility index (Phi) is 6.55. The molecule has 25 heavy (non-hydrogen) atoms. The molecular weight excluding hydrogens is 394 g/mol. The SMILES string of the molecule is CCOC(=O)[C@@H]1N[C@H](c2ccc(Br)cc2)[C@H](C(=O)OC)[C@@H]1C(=O)OC. The van der Waals surface area contributed by atoms with Gasteiger partial charge in [-0.15, -0.1) is 0 Å². The molecule has 0 radical (unpaired) electrons. The third-order valence-corrected chi connectivity index (χ3v) is 4.71. The van der Waals surface area contributed by atoms with Crippen LogP contribution in [-0.4, -0.2) is 44.8 Å². The fraction of sp³-hybridized carbons (Fsp3) is 0.471. The molecule has 0 spiro atoms. The van der Waals surface area contributed by atoms with Crippen molar-refractivity contribution in [2.24, 2.45) is 11.8 Å². The first kappa shape index (κ1) is 19.4. The van der Waals surface area contributed by atoms with Crippen LogP contribution in [0.3, 0.4) is 0 Å². The maximum atomic E-state index is 12.4. The van der Waals surface area contributed by atoms with E-state index in [0.717, 1.165) is 10.0 Å². The summed E-state index contributed by atoms with van der Waals surface area (Å²) in [5.41, 5.74) is 0.749. The van der Waals surface area contributed by atoms with Crippen LogP contribution in [-0.2, 0) is 28.6 Å². The molecule has 1 N–H and O–H groups in total. The lowest BCUT2D eigenvalue weighted by molar-refractivity contribution is -0.160. The molecule has 136 valence electrons. The van der Waals surface area contributed by atoms with Crippen LogP contribution in [0, 0.1) is 11.8 Å². The van der Waals surface area contributed by atoms with Crippen molar-refractivity contribution in [3.05, 3.63) is 34.3 Å². The summed E-state index contributed by atoms with van der Waals surface area (Å²) in [7, 11) is 2.46. The lowest BCUT2D eigenvalue weighted by atomic mass is 9.84. The maximum absolute atomic E-state index is 12.4. The van der Waals surface area contributed by atoms with E-state index in [4.69, 9.17) is 14.2 Å². The van der Waals surface area contributed by atoms with Crippen molar-refractivity contribution < 1.29 is 28.6 Å². The summed E-state index contributed by atoms with van der Waals surface area (Å²) in [6.45, 7) is 1.83. The number of nitrogens with one attached hydrogen (secondary N) is 1. The Morgan fingerprint density at radius 3 is 2.08 bits per heavy atom. The second kappa shape index (κ2) is 8.44. The Balaban J connectivity index is 2.46. The van der Waals surface area contributed by atoms with Gasteiger partial charge in [0.2, 0.25) is 0 Å². The van der Waals surface area contributed by atoms with E-state index < -0.39 is 41.8 Å². The van der Waals surface area contributed by atoms with Crippen molar-refractivity contribution in [1.29, 1.82) is 0 Å². The van der Waals surface area contributed by atoms with Crippen molar-refractivity contribution in [2.75, 3.05) is 20.8 Å². The molecule has 0 aliphatic carbocycles. The van der Waals surface area contributed by atoms with Gasteiger partial charge in [-0.25, -0.2) is 0 Å². The van der Waals surface area contributed by atoms with Crippen molar-refractivity contribution in [3.63, 3.8) is 0 Å². The third kappa shape index (κ3) is 4.01. The van der Waals surface area contributed by atoms with Gasteiger partial charge in [0, 0.05) is 10.5 Å². The molecule has 0 aromatic heterocycles. The Bertz CT molecular complexity index is 647. The second-order valence-electron chi connectivity index (χ2n) is 5.52. The molecule has 7 nitrogen and oxygen atoms in total. The number of halogens is 1. The van der Waals surface area contributed by atoms with Gasteiger partial charge in [-0.2, -0.15) is 0 Å². The molecular formula is C17H20BrNO6. The summed E-state index contributed by atoms with van der Waals surface area (Å²) >= 11 is 3.35. The minimum atomic E-state index is -1.04. The number of rotatable bonds is 5. The number of hydrogen-bond acceptors (Lipinski definition) is 7. The van der Waals surface area contributed by atoms with Gasteiger partial charge in [0.1, 0.15) is 6.04 Å². The smallest absolute Gasteiger partial charge is 0.324 e. The first-order valence-electron chi connectivity index (χ1n) is 7.78. The normalized spacial score (nSPS) is 25.3. The van der Waals surface area contributed by atoms with E-state index in [-0.39, 0.29) is 6.61 Å². The molecule has 1 fully saturated rings. The van der Waals surface area contributed by atoms with E-state index in [1.807, 2.05) is 12.1 Å². The minimum Gasteiger partial charge on any atom is -0.469 e. The van der Waals surface area contributed by atoms with Crippen LogP contribution in [0.1, 0.15) is 18.5 Å². The zero-order valence-corrected chi connectivity index (χ0v) is 15.7. The Labute approximate surface area is 154 Å². The number of carbonyl (C=O) groups is 3. The fourth-order valence-electron chi connectivity index (χ4n) is 3.07. The van der Waals surface area contributed by atoms with Crippen molar-refractivity contribution in [1.82, 2.24) is 5.32 Å². The van der Waals surface area contributed by atoms with Gasteiger partial charge < -0.3 is 14.2 Å². The Hall–Kier alpha value is -1.93. The molecule has 2 rings (SSSR count). The molecule has 0 unspecified atom stereocenters. The topological polar surface area (TPSA) is 90.9 Å². The summed E-state index contributed by atoms with van der Waals surface area (Å²) in [4.78, 5) is 37.0. The highest BCUT2D eigenvalue weighted by Gasteiger charge is 2.55. The standard InChI is InChI=1S/C17H20BrNO6/c1-4-25-17(22)14-12(16(21)24-3)11(15(20)23-2)13(19-14)9-5-7-10(18)8-6-9/h5-8,11-14,19H,4H2,1-3H3/t11-,12+,13-,14-/m1/s1. The summed E-state index contributed by atoms with van der Waals surface area (Å²) in [5, 5.41) is 3.05. The number of ether oxygens (including phenoxy) is 3. The first-order chi connectivity index (χ1) is 11.9. The lowest BCUT2D eigenvalue weighted by Gasteiger charge is -2.21. The predicted octanol–water partition coefficient (Wildman–Crippen LogP) is 1.60. The van der Waals surface area contributed by atoms with E-state index in [2.05, 4.69) is 21.2 Å². The highest BCUT2D eigenvalue weighted by atomic mass is 79.9. The zero-order valence-electron chi connectivity index (χ0n) is 14.2. The van der Waals surface area contributed by atoms with Crippen LogP contribution in [0.25, 0.3) is 0 Å². The number of carbonyl (C=O) groups excluding carboxylic acids is 3. The number of methoxy groups -OCH3 is 2. The molecule has 0 bridgehead atoms. The predicted molar refractivity (Wildman–Crippen MR) is 91.5 cm³/mol. The molecule has 1 aliphatic rings. The Morgan fingerprint density at radius 1 is 1.00 bits per heavy atom. The van der Waals surface area contributed by atoms with Crippen molar-refractivity contribution >= 4 is 33.8 Å². The molecule has 1 aliphatic heterocycles. The van der Waals surface area contributed by atoms with E-state index in [1.165, 1.54) is 14.2 Å². The van der Waals surface area contributed by atoms with Crippen molar-refractivity contribution in [3.8, 4) is 0 Å². The molecule has 1 saturated heterocycles. The maximum Gasteiger partial charge on any atom is 0.324 e. The quantitative estimate of drug-likeness (QED) is 0.578. The van der Waals surface area contributed by atoms with E-state index in [9.17, 15) is 14.4 Å². The second-order valence-corrected chi connectivity index (χ2v) is 6.44. The van der Waals surface area contributed by atoms with Gasteiger partial charge in [0.05, 0.1) is 32.7 Å². The highest BCUT2D eigenvalue weighted by Crippen LogP contribution is 2.39. The summed E-state index contributed by atoms with van der Waals surface area (Å²) in [6.07, 6.45) is 0. The van der Waals surface area contributed by atoms with Crippen LogP contribution in [0.15, 0.2) is 28.7 Å².